The van der Waals surface area contributed by atoms with E-state index in [0.29, 0.717) is 0 Å². The molecule has 0 aromatic heterocycles. The first-order valence-corrected chi connectivity index (χ1v) is 1.18. The van der Waals surface area contributed by atoms with E-state index < -0.39 is 7.12 Å². The summed E-state index contributed by atoms with van der Waals surface area (Å²) in [6.07, 6.45) is 0. The molecule has 0 heterocycles. The maximum Gasteiger partial charge on any atom is 0.480 e. The van der Waals surface area contributed by atoms with Crippen molar-refractivity contribution >= 4 is 7.12 Å². The van der Waals surface area contributed by atoms with Gasteiger partial charge in [-0.15, -0.1) is 6.55 Å². The molecule has 0 aliphatic heterocycles. The van der Waals surface area contributed by atoms with Crippen molar-refractivity contribution in [3.8, 4) is 0 Å². The lowest BCUT2D eigenvalue weighted by molar-refractivity contribution is 0.424. The lowest BCUT2D eigenvalue weighted by Gasteiger charge is -1.75. The molecule has 0 spiro atoms. The van der Waals surface area contributed by atoms with E-state index in [1.165, 1.54) is 0 Å². The Labute approximate surface area is 32.3 Å². The minimum Gasteiger partial charge on any atom is -0.424 e. The van der Waals surface area contributed by atoms with Crippen molar-refractivity contribution in [1.29, 1.82) is 0 Å². The van der Waals surface area contributed by atoms with Crippen LogP contribution in [0, 0.1) is 0 Å². The fourth-order valence-electron chi connectivity index (χ4n) is 0. The molecule has 0 amide bonds. The van der Waals surface area contributed by atoms with Gasteiger partial charge in [-0.1, -0.05) is 5.98 Å². The molecule has 0 saturated carbocycles. The third kappa shape index (κ3) is 3.72. The molecule has 0 saturated heterocycles. The van der Waals surface area contributed by atoms with E-state index >= 15 is 0 Å². The highest BCUT2D eigenvalue weighted by Gasteiger charge is 1.92. The number of rotatable bonds is 1. The average molecular weight is 72.9 g/mol. The van der Waals surface area contributed by atoms with E-state index in [-0.39, 0.29) is 0 Å². The standard InChI is InChI=1S/C2H5BO2/c1-2-3(4)5/h2,4-5H,1H2/i1D. The first kappa shape index (κ1) is 2.94. The Morgan fingerprint density at radius 3 is 2.60 bits per heavy atom. The smallest absolute Gasteiger partial charge is 0.424 e. The van der Waals surface area contributed by atoms with Gasteiger partial charge in [0.2, 0.25) is 0 Å². The summed E-state index contributed by atoms with van der Waals surface area (Å²) in [5.41, 5.74) is 0. The number of hydrogen-bond donors (Lipinski definition) is 2. The molecule has 0 radical (unpaired) electrons. The second-order valence-corrected chi connectivity index (χ2v) is 0.606. The van der Waals surface area contributed by atoms with Gasteiger partial charge in [0.05, 0.1) is 1.37 Å². The average Bonchev–Trinajstić information content (AvgIpc) is 1.35. The van der Waals surface area contributed by atoms with Crippen LogP contribution in [0.25, 0.3) is 0 Å². The lowest BCUT2D eigenvalue weighted by Crippen LogP contribution is -2.03. The van der Waals surface area contributed by atoms with Crippen LogP contribution in [0.5, 0.6) is 0 Å². The molecule has 3 heteroatoms. The Morgan fingerprint density at radius 1 is 2.00 bits per heavy atom. The van der Waals surface area contributed by atoms with E-state index in [1.54, 1.807) is 0 Å². The van der Waals surface area contributed by atoms with Gasteiger partial charge in [-0.25, -0.2) is 0 Å². The van der Waals surface area contributed by atoms with E-state index in [2.05, 4.69) is 0 Å². The normalized spacial score (nSPS) is 12.0. The molecule has 28 valence electrons. The van der Waals surface area contributed by atoms with Crippen LogP contribution in [0.2, 0.25) is 0 Å². The van der Waals surface area contributed by atoms with Crippen LogP contribution in [-0.2, 0) is 0 Å². The summed E-state index contributed by atoms with van der Waals surface area (Å²) in [5.74, 6) is 0.944. The van der Waals surface area contributed by atoms with Crippen molar-refractivity contribution < 1.29 is 11.4 Å². The van der Waals surface area contributed by atoms with Gasteiger partial charge in [-0.05, 0) is 0 Å². The SMILES string of the molecule is [2H]C=CB(O)O. The predicted molar refractivity (Wildman–Crippen MR) is 20.4 cm³/mol. The monoisotopic (exact) mass is 73.0 g/mol. The highest BCUT2D eigenvalue weighted by Crippen LogP contribution is 1.60. The van der Waals surface area contributed by atoms with Gasteiger partial charge in [-0.3, -0.25) is 0 Å². The van der Waals surface area contributed by atoms with Crippen LogP contribution in [0.4, 0.5) is 0 Å². The van der Waals surface area contributed by atoms with Crippen molar-refractivity contribution in [2.24, 2.45) is 0 Å². The quantitative estimate of drug-likeness (QED) is 0.398. The van der Waals surface area contributed by atoms with Crippen LogP contribution >= 0.6 is 0 Å². The zero-order valence-corrected chi connectivity index (χ0v) is 2.63. The molecule has 5 heavy (non-hydrogen) atoms. The lowest BCUT2D eigenvalue weighted by atomic mass is 9.94. The van der Waals surface area contributed by atoms with Crippen molar-refractivity contribution in [2.45, 2.75) is 0 Å². The summed E-state index contributed by atoms with van der Waals surface area (Å²) >= 11 is 0. The first-order valence-electron chi connectivity index (χ1n) is 1.76. The first-order chi connectivity index (χ1) is 2.77. The van der Waals surface area contributed by atoms with Crippen LogP contribution in [0.15, 0.2) is 12.5 Å². The molecule has 2 N–H and O–H groups in total. The van der Waals surface area contributed by atoms with Crippen LogP contribution in [-0.4, -0.2) is 17.2 Å². The van der Waals surface area contributed by atoms with Gasteiger partial charge < -0.3 is 10.0 Å². The second-order valence-electron chi connectivity index (χ2n) is 0.606. The Morgan fingerprint density at radius 2 is 2.60 bits per heavy atom. The Bertz CT molecular complexity index is 53.5. The van der Waals surface area contributed by atoms with Gasteiger partial charge in [0.1, 0.15) is 0 Å². The molecule has 0 aromatic rings. The van der Waals surface area contributed by atoms with Gasteiger partial charge in [0.15, 0.2) is 0 Å². The van der Waals surface area contributed by atoms with E-state index in [1.807, 2.05) is 0 Å². The molecule has 0 aromatic carbocycles. The molecule has 0 unspecified atom stereocenters. The van der Waals surface area contributed by atoms with E-state index in [9.17, 15) is 0 Å². The maximum absolute atomic E-state index is 7.90. The highest BCUT2D eigenvalue weighted by atomic mass is 16.4. The van der Waals surface area contributed by atoms with Crippen molar-refractivity contribution in [1.82, 2.24) is 0 Å². The molecule has 0 bridgehead atoms. The van der Waals surface area contributed by atoms with Gasteiger partial charge in [0.25, 0.3) is 0 Å². The van der Waals surface area contributed by atoms with E-state index in [0.717, 1.165) is 12.5 Å². The topological polar surface area (TPSA) is 40.5 Å². The minimum absolute atomic E-state index is 0.824. The Balaban J connectivity index is 3.03. The van der Waals surface area contributed by atoms with Crippen molar-refractivity contribution in [2.75, 3.05) is 0 Å². The summed E-state index contributed by atoms with van der Waals surface area (Å²) in [6.45, 7) is 0.824. The maximum atomic E-state index is 7.90. The molecular formula is C2H5BO2. The summed E-state index contributed by atoms with van der Waals surface area (Å²) in [6, 6.07) is 0. The molecule has 2 nitrogen and oxygen atoms in total. The minimum atomic E-state index is -1.47. The Hall–Kier alpha value is -0.275. The van der Waals surface area contributed by atoms with Crippen LogP contribution in [0.3, 0.4) is 0 Å². The molecule has 0 fully saturated rings. The van der Waals surface area contributed by atoms with Crippen LogP contribution in [0.1, 0.15) is 1.37 Å². The van der Waals surface area contributed by atoms with Gasteiger partial charge in [0, 0.05) is 0 Å². The molecular weight excluding hydrogens is 66.8 g/mol. The fourth-order valence-corrected chi connectivity index (χ4v) is 0. The van der Waals surface area contributed by atoms with Crippen LogP contribution < -0.4 is 0 Å². The molecule has 0 rings (SSSR count). The zero-order chi connectivity index (χ0) is 4.99. The largest absolute Gasteiger partial charge is 0.480 e. The van der Waals surface area contributed by atoms with Crippen molar-refractivity contribution in [3.63, 3.8) is 0 Å². The molecule has 0 aliphatic carbocycles. The third-order valence-electron chi connectivity index (χ3n) is 0.172. The number of hydrogen-bond acceptors (Lipinski definition) is 2. The van der Waals surface area contributed by atoms with E-state index in [4.69, 9.17) is 11.4 Å². The zero-order valence-electron chi connectivity index (χ0n) is 3.63. The summed E-state index contributed by atoms with van der Waals surface area (Å²) in [5, 5.41) is 15.8. The highest BCUT2D eigenvalue weighted by molar-refractivity contribution is 6.47. The van der Waals surface area contributed by atoms with Gasteiger partial charge in [-0.2, -0.15) is 0 Å². The Kier molecular flexibility index (Phi) is 1.17. The molecule has 0 atom stereocenters. The fraction of sp³-hybridized carbons (Fsp3) is 0. The summed E-state index contributed by atoms with van der Waals surface area (Å²) < 4.78 is 6.23. The van der Waals surface area contributed by atoms with Gasteiger partial charge >= 0.3 is 7.12 Å². The second kappa shape index (κ2) is 1.99. The van der Waals surface area contributed by atoms with Crippen molar-refractivity contribution in [3.05, 3.63) is 12.5 Å². The summed E-state index contributed by atoms with van der Waals surface area (Å²) in [4.78, 5) is 0. The predicted octanol–water partition coefficient (Wildman–Crippen LogP) is -0.816. The summed E-state index contributed by atoms with van der Waals surface area (Å²) in [7, 11) is -1.47. The molecule has 0 aliphatic rings. The third-order valence-corrected chi connectivity index (χ3v) is 0.172.